The van der Waals surface area contributed by atoms with Crippen molar-refractivity contribution in [2.45, 2.75) is 13.0 Å². The van der Waals surface area contributed by atoms with Crippen LogP contribution in [-0.4, -0.2) is 55.7 Å². The van der Waals surface area contributed by atoms with E-state index in [-0.39, 0.29) is 18.9 Å². The van der Waals surface area contributed by atoms with Gasteiger partial charge in [-0.05, 0) is 53.1 Å². The molecule has 0 aliphatic heterocycles. The highest BCUT2D eigenvalue weighted by molar-refractivity contribution is 7.88. The average Bonchev–Trinajstić information content (AvgIpc) is 3.68. The molecule has 0 fully saturated rings. The minimum absolute atomic E-state index is 0.0578. The molecule has 14 heteroatoms. The lowest BCUT2D eigenvalue weighted by Crippen LogP contribution is -2.21. The molecule has 0 saturated heterocycles. The van der Waals surface area contributed by atoms with Crippen LogP contribution >= 0.6 is 0 Å². The summed E-state index contributed by atoms with van der Waals surface area (Å²) in [4.78, 5) is 33.9. The van der Waals surface area contributed by atoms with Gasteiger partial charge in [0.25, 0.3) is 0 Å². The number of nitrogens with one attached hydrogen (secondary N) is 4. The first-order valence-corrected chi connectivity index (χ1v) is 16.3. The van der Waals surface area contributed by atoms with E-state index < -0.39 is 15.8 Å². The van der Waals surface area contributed by atoms with Crippen molar-refractivity contribution < 1.29 is 17.6 Å². The number of imidazole rings is 1. The van der Waals surface area contributed by atoms with E-state index in [0.717, 1.165) is 17.2 Å². The predicted molar refractivity (Wildman–Crippen MR) is 176 cm³/mol. The molecule has 5 aromatic heterocycles. The number of amides is 1. The second-order valence-corrected chi connectivity index (χ2v) is 12.8. The van der Waals surface area contributed by atoms with E-state index in [9.17, 15) is 17.6 Å². The van der Waals surface area contributed by atoms with E-state index in [1.807, 2.05) is 36.4 Å². The molecule has 0 spiro atoms. The zero-order valence-electron chi connectivity index (χ0n) is 24.8. The first-order valence-electron chi connectivity index (χ1n) is 14.4. The van der Waals surface area contributed by atoms with Crippen LogP contribution in [0.3, 0.4) is 0 Å². The Hall–Kier alpha value is -5.86. The Morgan fingerprint density at radius 1 is 0.936 bits per heavy atom. The number of halogens is 1. The topological polar surface area (TPSA) is 171 Å². The van der Waals surface area contributed by atoms with E-state index in [4.69, 9.17) is 4.98 Å². The van der Waals surface area contributed by atoms with E-state index in [1.54, 1.807) is 43.0 Å². The summed E-state index contributed by atoms with van der Waals surface area (Å²) >= 11 is 0. The molecule has 0 atom stereocenters. The summed E-state index contributed by atoms with van der Waals surface area (Å²) in [6.45, 7) is -0.0578. The van der Waals surface area contributed by atoms with Crippen LogP contribution in [-0.2, 0) is 27.8 Å². The van der Waals surface area contributed by atoms with E-state index in [2.05, 4.69) is 40.2 Å². The SMILES string of the molecule is CS(=O)(=O)NCc1cc(F)cc(-c2ccnc3[nH]c(-c4n[nH]c5cnc(-c6cncc(NC(=O)Cc7ccccc7)c6)cc45)nc23)c1. The molecular weight excluding hydrogens is 621 g/mol. The van der Waals surface area contributed by atoms with Gasteiger partial charge in [-0.3, -0.25) is 19.9 Å². The highest BCUT2D eigenvalue weighted by Gasteiger charge is 2.18. The molecule has 0 radical (unpaired) electrons. The van der Waals surface area contributed by atoms with Crippen molar-refractivity contribution in [3.05, 3.63) is 108 Å². The number of fused-ring (bicyclic) bond motifs is 2. The van der Waals surface area contributed by atoms with Gasteiger partial charge in [-0.15, -0.1) is 0 Å². The Balaban J connectivity index is 1.20. The molecule has 0 aliphatic rings. The molecule has 2 aromatic carbocycles. The maximum Gasteiger partial charge on any atom is 0.228 e. The van der Waals surface area contributed by atoms with E-state index in [0.29, 0.717) is 61.8 Å². The number of H-pyrrole nitrogens is 2. The molecule has 1 amide bonds. The molecule has 0 aliphatic carbocycles. The number of nitrogens with zero attached hydrogens (tertiary/aromatic N) is 5. The number of aromatic nitrogens is 7. The first-order chi connectivity index (χ1) is 22.7. The van der Waals surface area contributed by atoms with Gasteiger partial charge in [0.15, 0.2) is 11.5 Å². The van der Waals surface area contributed by atoms with Crippen LogP contribution in [0.4, 0.5) is 10.1 Å². The zero-order chi connectivity index (χ0) is 32.5. The summed E-state index contributed by atoms with van der Waals surface area (Å²) in [5.41, 5.74) is 6.48. The number of rotatable bonds is 9. The van der Waals surface area contributed by atoms with Crippen LogP contribution in [0.5, 0.6) is 0 Å². The number of sulfonamides is 1. The Morgan fingerprint density at radius 2 is 1.79 bits per heavy atom. The molecule has 5 heterocycles. The van der Waals surface area contributed by atoms with Crippen molar-refractivity contribution in [2.24, 2.45) is 0 Å². The molecule has 234 valence electrons. The number of aromatic amines is 2. The molecule has 4 N–H and O–H groups in total. The summed E-state index contributed by atoms with van der Waals surface area (Å²) < 4.78 is 40.2. The van der Waals surface area contributed by atoms with Crippen LogP contribution in [0, 0.1) is 5.82 Å². The normalized spacial score (nSPS) is 11.7. The molecule has 0 saturated carbocycles. The molecule has 0 unspecified atom stereocenters. The molecule has 12 nitrogen and oxygen atoms in total. The van der Waals surface area contributed by atoms with Gasteiger partial charge >= 0.3 is 0 Å². The van der Waals surface area contributed by atoms with Gasteiger partial charge in [-0.2, -0.15) is 5.10 Å². The lowest BCUT2D eigenvalue weighted by Gasteiger charge is -2.08. The van der Waals surface area contributed by atoms with Crippen LogP contribution in [0.2, 0.25) is 0 Å². The fourth-order valence-corrected chi connectivity index (χ4v) is 5.70. The Bertz CT molecular complexity index is 2390. The van der Waals surface area contributed by atoms with Crippen LogP contribution < -0.4 is 10.0 Å². The largest absolute Gasteiger partial charge is 0.324 e. The van der Waals surface area contributed by atoms with E-state index in [1.165, 1.54) is 12.1 Å². The van der Waals surface area contributed by atoms with Crippen LogP contribution in [0.25, 0.3) is 56.0 Å². The van der Waals surface area contributed by atoms with Gasteiger partial charge in [0.05, 0.1) is 42.0 Å². The third-order valence-corrected chi connectivity index (χ3v) is 8.06. The number of anilines is 1. The third-order valence-electron chi connectivity index (χ3n) is 7.39. The first kappa shape index (κ1) is 29.8. The van der Waals surface area contributed by atoms with Crippen molar-refractivity contribution in [3.8, 4) is 33.9 Å². The minimum Gasteiger partial charge on any atom is -0.324 e. The lowest BCUT2D eigenvalue weighted by atomic mass is 10.0. The Morgan fingerprint density at radius 3 is 2.62 bits per heavy atom. The third kappa shape index (κ3) is 6.59. The van der Waals surface area contributed by atoms with Crippen molar-refractivity contribution in [1.29, 1.82) is 0 Å². The van der Waals surface area contributed by atoms with Crippen molar-refractivity contribution in [2.75, 3.05) is 11.6 Å². The number of carbonyl (C=O) groups excluding carboxylic acids is 1. The monoisotopic (exact) mass is 647 g/mol. The summed E-state index contributed by atoms with van der Waals surface area (Å²) in [6.07, 6.45) is 7.77. The summed E-state index contributed by atoms with van der Waals surface area (Å²) in [7, 11) is -3.46. The molecule has 7 aromatic rings. The average molecular weight is 648 g/mol. The number of hydrogen-bond acceptors (Lipinski definition) is 8. The Labute approximate surface area is 267 Å². The van der Waals surface area contributed by atoms with E-state index >= 15 is 0 Å². The standard InChI is InChI=1S/C33H26FN9O3S/c1-47(45,46)38-15-20-9-21(12-23(34)10-20)25-7-8-36-32-30(25)40-33(41-32)31-26-14-27(37-18-28(26)42-43-31)22-13-24(17-35-16-22)39-29(44)11-19-5-3-2-4-6-19/h2-10,12-14,16-18,38H,11,15H2,1H3,(H,39,44)(H,42,43)(H,36,40,41). The number of pyridine rings is 3. The molecule has 47 heavy (non-hydrogen) atoms. The predicted octanol–water partition coefficient (Wildman–Crippen LogP) is 4.99. The maximum absolute atomic E-state index is 14.6. The second kappa shape index (κ2) is 12.2. The lowest BCUT2D eigenvalue weighted by molar-refractivity contribution is -0.115. The van der Waals surface area contributed by atoms with Gasteiger partial charge < -0.3 is 10.3 Å². The summed E-state index contributed by atoms with van der Waals surface area (Å²) in [6, 6.07) is 19.2. The summed E-state index contributed by atoms with van der Waals surface area (Å²) in [5, 5.41) is 11.1. The Kier molecular flexibility index (Phi) is 7.71. The van der Waals surface area contributed by atoms with Crippen molar-refractivity contribution >= 4 is 43.7 Å². The van der Waals surface area contributed by atoms with Crippen LogP contribution in [0.15, 0.2) is 91.5 Å². The fraction of sp³-hybridized carbons (Fsp3) is 0.0909. The number of carbonyl (C=O) groups is 1. The van der Waals surface area contributed by atoms with Gasteiger partial charge in [0.1, 0.15) is 17.0 Å². The summed E-state index contributed by atoms with van der Waals surface area (Å²) in [5.74, 6) is -0.242. The smallest absolute Gasteiger partial charge is 0.228 e. The minimum atomic E-state index is -3.46. The highest BCUT2D eigenvalue weighted by atomic mass is 32.2. The van der Waals surface area contributed by atoms with Gasteiger partial charge in [-0.1, -0.05) is 30.3 Å². The second-order valence-electron chi connectivity index (χ2n) is 10.9. The zero-order valence-corrected chi connectivity index (χ0v) is 25.6. The van der Waals surface area contributed by atoms with Gasteiger partial charge in [-0.25, -0.2) is 27.5 Å². The number of benzene rings is 2. The maximum atomic E-state index is 14.6. The molecule has 7 rings (SSSR count). The fourth-order valence-electron chi connectivity index (χ4n) is 5.27. The quantitative estimate of drug-likeness (QED) is 0.170. The van der Waals surface area contributed by atoms with Crippen LogP contribution in [0.1, 0.15) is 11.1 Å². The molecular formula is C33H26FN9O3S. The van der Waals surface area contributed by atoms with Crippen molar-refractivity contribution in [3.63, 3.8) is 0 Å². The van der Waals surface area contributed by atoms with Gasteiger partial charge in [0.2, 0.25) is 15.9 Å². The van der Waals surface area contributed by atoms with Crippen molar-refractivity contribution in [1.82, 2.24) is 39.8 Å². The van der Waals surface area contributed by atoms with Gasteiger partial charge in [0, 0.05) is 35.5 Å². The number of hydrogen-bond donors (Lipinski definition) is 4. The highest BCUT2D eigenvalue weighted by Crippen LogP contribution is 2.32. The molecule has 0 bridgehead atoms.